The van der Waals surface area contributed by atoms with Crippen molar-refractivity contribution in [3.05, 3.63) is 54.0 Å². The summed E-state index contributed by atoms with van der Waals surface area (Å²) in [6.45, 7) is 3.64. The highest BCUT2D eigenvalue weighted by atomic mass is 16.7. The highest BCUT2D eigenvalue weighted by Crippen LogP contribution is 2.40. The van der Waals surface area contributed by atoms with E-state index < -0.39 is 5.79 Å². The van der Waals surface area contributed by atoms with Gasteiger partial charge in [0.1, 0.15) is 0 Å². The first-order valence-corrected chi connectivity index (χ1v) is 8.21. The van der Waals surface area contributed by atoms with Gasteiger partial charge in [0.25, 0.3) is 0 Å². The molecule has 6 heteroatoms. The summed E-state index contributed by atoms with van der Waals surface area (Å²) in [7, 11) is 1.63. The van der Waals surface area contributed by atoms with Crippen molar-refractivity contribution in [2.24, 2.45) is 0 Å². The quantitative estimate of drug-likeness (QED) is 0.764. The zero-order valence-electron chi connectivity index (χ0n) is 14.2. The SMILES string of the molecule is COc1ccc(NCc2cccnc2)c2cc(C3(C)OCCO3)oc12. The Balaban J connectivity index is 1.70. The van der Waals surface area contributed by atoms with E-state index in [-0.39, 0.29) is 0 Å². The molecule has 25 heavy (non-hydrogen) atoms. The van der Waals surface area contributed by atoms with Crippen molar-refractivity contribution in [2.45, 2.75) is 19.3 Å². The highest BCUT2D eigenvalue weighted by Gasteiger charge is 2.37. The van der Waals surface area contributed by atoms with Crippen molar-refractivity contribution in [1.29, 1.82) is 0 Å². The van der Waals surface area contributed by atoms with Gasteiger partial charge in [0.15, 0.2) is 17.1 Å². The van der Waals surface area contributed by atoms with Crippen LogP contribution in [0.5, 0.6) is 5.75 Å². The lowest BCUT2D eigenvalue weighted by Crippen LogP contribution is -2.21. The highest BCUT2D eigenvalue weighted by molar-refractivity contribution is 5.95. The average molecular weight is 340 g/mol. The van der Waals surface area contributed by atoms with Gasteiger partial charge in [-0.2, -0.15) is 0 Å². The number of benzene rings is 1. The first-order valence-electron chi connectivity index (χ1n) is 8.21. The topological polar surface area (TPSA) is 65.8 Å². The van der Waals surface area contributed by atoms with E-state index in [1.54, 1.807) is 13.3 Å². The fourth-order valence-corrected chi connectivity index (χ4v) is 2.99. The number of rotatable bonds is 5. The third-order valence-electron chi connectivity index (χ3n) is 4.36. The van der Waals surface area contributed by atoms with Crippen molar-refractivity contribution >= 4 is 16.7 Å². The fourth-order valence-electron chi connectivity index (χ4n) is 2.99. The monoisotopic (exact) mass is 340 g/mol. The Morgan fingerprint density at radius 1 is 1.24 bits per heavy atom. The number of nitrogens with zero attached hydrogens (tertiary/aromatic N) is 1. The number of fused-ring (bicyclic) bond motifs is 1. The molecule has 6 nitrogen and oxygen atoms in total. The van der Waals surface area contributed by atoms with Gasteiger partial charge in [0.2, 0.25) is 5.79 Å². The summed E-state index contributed by atoms with van der Waals surface area (Å²) in [6.07, 6.45) is 3.61. The molecule has 3 heterocycles. The Morgan fingerprint density at radius 2 is 2.08 bits per heavy atom. The molecule has 3 aromatic rings. The summed E-state index contributed by atoms with van der Waals surface area (Å²) in [5.74, 6) is 0.452. The Hall–Kier alpha value is -2.57. The van der Waals surface area contributed by atoms with Gasteiger partial charge in [-0.05, 0) is 36.8 Å². The van der Waals surface area contributed by atoms with E-state index in [2.05, 4.69) is 10.3 Å². The number of hydrogen-bond acceptors (Lipinski definition) is 6. The molecule has 0 atom stereocenters. The van der Waals surface area contributed by atoms with Crippen LogP contribution in [-0.4, -0.2) is 25.3 Å². The second-order valence-corrected chi connectivity index (χ2v) is 6.03. The summed E-state index contributed by atoms with van der Waals surface area (Å²) in [4.78, 5) is 4.14. The Bertz CT molecular complexity index is 870. The minimum Gasteiger partial charge on any atom is -0.493 e. The minimum absolute atomic E-state index is 0.552. The van der Waals surface area contributed by atoms with Crippen molar-refractivity contribution in [2.75, 3.05) is 25.6 Å². The van der Waals surface area contributed by atoms with E-state index >= 15 is 0 Å². The molecule has 0 unspecified atom stereocenters. The number of ether oxygens (including phenoxy) is 3. The zero-order chi connectivity index (χ0) is 17.3. The number of hydrogen-bond donors (Lipinski definition) is 1. The predicted octanol–water partition coefficient (Wildman–Crippen LogP) is 3.67. The van der Waals surface area contributed by atoms with Gasteiger partial charge in [0, 0.05) is 30.0 Å². The number of nitrogens with one attached hydrogen (secondary N) is 1. The Labute approximate surface area is 145 Å². The third-order valence-corrected chi connectivity index (χ3v) is 4.36. The number of methoxy groups -OCH3 is 1. The van der Waals surface area contributed by atoms with Crippen LogP contribution in [0.4, 0.5) is 5.69 Å². The Morgan fingerprint density at radius 3 is 2.80 bits per heavy atom. The molecule has 4 rings (SSSR count). The van der Waals surface area contributed by atoms with Crippen LogP contribution in [0, 0.1) is 0 Å². The van der Waals surface area contributed by atoms with Gasteiger partial charge in [-0.25, -0.2) is 0 Å². The molecule has 1 aromatic carbocycles. The maximum absolute atomic E-state index is 6.04. The third kappa shape index (κ3) is 2.94. The second kappa shape index (κ2) is 6.38. The molecule has 0 spiro atoms. The van der Waals surface area contributed by atoms with E-state index in [1.165, 1.54) is 0 Å². The lowest BCUT2D eigenvalue weighted by Gasteiger charge is -2.18. The zero-order valence-corrected chi connectivity index (χ0v) is 14.2. The molecule has 1 saturated heterocycles. The van der Waals surface area contributed by atoms with Crippen molar-refractivity contribution in [3.8, 4) is 5.75 Å². The van der Waals surface area contributed by atoms with E-state index in [0.29, 0.717) is 36.9 Å². The predicted molar refractivity (Wildman–Crippen MR) is 93.6 cm³/mol. The van der Waals surface area contributed by atoms with Gasteiger partial charge in [0.05, 0.1) is 20.3 Å². The van der Waals surface area contributed by atoms with Crippen LogP contribution in [0.3, 0.4) is 0 Å². The lowest BCUT2D eigenvalue weighted by atomic mass is 10.1. The molecule has 0 amide bonds. The molecule has 1 aliphatic rings. The van der Waals surface area contributed by atoms with Crippen LogP contribution < -0.4 is 10.1 Å². The van der Waals surface area contributed by atoms with Crippen LogP contribution in [0.15, 0.2) is 47.1 Å². The number of pyridine rings is 1. The van der Waals surface area contributed by atoms with E-state index in [1.807, 2.05) is 43.5 Å². The molecule has 130 valence electrons. The molecular weight excluding hydrogens is 320 g/mol. The van der Waals surface area contributed by atoms with Gasteiger partial charge in [-0.15, -0.1) is 0 Å². The number of furan rings is 1. The van der Waals surface area contributed by atoms with Gasteiger partial charge in [-0.3, -0.25) is 4.98 Å². The van der Waals surface area contributed by atoms with Gasteiger partial charge in [-0.1, -0.05) is 6.07 Å². The summed E-state index contributed by atoms with van der Waals surface area (Å²) in [5.41, 5.74) is 2.73. The van der Waals surface area contributed by atoms with E-state index in [9.17, 15) is 0 Å². The fraction of sp³-hybridized carbons (Fsp3) is 0.316. The molecule has 1 fully saturated rings. The first-order chi connectivity index (χ1) is 12.2. The second-order valence-electron chi connectivity index (χ2n) is 6.03. The molecule has 0 saturated carbocycles. The number of aromatic nitrogens is 1. The lowest BCUT2D eigenvalue weighted by molar-refractivity contribution is -0.162. The summed E-state index contributed by atoms with van der Waals surface area (Å²) < 4.78 is 22.9. The Kier molecular flexibility index (Phi) is 4.07. The molecule has 0 aliphatic carbocycles. The normalized spacial score (nSPS) is 16.2. The van der Waals surface area contributed by atoms with Gasteiger partial charge < -0.3 is 23.9 Å². The van der Waals surface area contributed by atoms with E-state index in [0.717, 1.165) is 16.6 Å². The first kappa shape index (κ1) is 15.9. The average Bonchev–Trinajstić information content (AvgIpc) is 3.28. The van der Waals surface area contributed by atoms with Crippen LogP contribution in [-0.2, 0) is 21.8 Å². The van der Waals surface area contributed by atoms with Crippen molar-refractivity contribution in [3.63, 3.8) is 0 Å². The van der Waals surface area contributed by atoms with Crippen LogP contribution >= 0.6 is 0 Å². The molecule has 1 aliphatic heterocycles. The standard InChI is InChI=1S/C19H20N2O4/c1-19(23-8-9-24-19)17-10-14-15(5-6-16(22-2)18(14)25-17)21-12-13-4-3-7-20-11-13/h3-7,10-11,21H,8-9,12H2,1-2H3. The van der Waals surface area contributed by atoms with Crippen molar-refractivity contribution < 1.29 is 18.6 Å². The van der Waals surface area contributed by atoms with E-state index in [4.69, 9.17) is 18.6 Å². The van der Waals surface area contributed by atoms with Crippen molar-refractivity contribution in [1.82, 2.24) is 4.98 Å². The molecule has 2 aromatic heterocycles. The molecular formula is C19H20N2O4. The number of anilines is 1. The molecule has 0 radical (unpaired) electrons. The summed E-state index contributed by atoms with van der Waals surface area (Å²) in [6, 6.07) is 9.78. The van der Waals surface area contributed by atoms with Gasteiger partial charge >= 0.3 is 0 Å². The molecule has 0 bridgehead atoms. The summed E-state index contributed by atoms with van der Waals surface area (Å²) >= 11 is 0. The smallest absolute Gasteiger partial charge is 0.225 e. The largest absolute Gasteiger partial charge is 0.493 e. The maximum Gasteiger partial charge on any atom is 0.225 e. The minimum atomic E-state index is -0.856. The van der Waals surface area contributed by atoms with Crippen LogP contribution in [0.25, 0.3) is 11.0 Å². The summed E-state index contributed by atoms with van der Waals surface area (Å²) in [5, 5.41) is 4.36. The maximum atomic E-state index is 6.04. The van der Waals surface area contributed by atoms with Crippen LogP contribution in [0.1, 0.15) is 18.2 Å². The molecule has 1 N–H and O–H groups in total. The van der Waals surface area contributed by atoms with Crippen LogP contribution in [0.2, 0.25) is 0 Å².